The molecular weight excluding hydrogens is 464 g/mol. The standard InChI is InChI=1S/C35H28N2O/c1-21-17-31-33(27-16-15-23-10-6-8-12-26(23)32(21)27)36-20-35(38-31)34(2,3)29-19-28-24(18-30(29)37(35)4)14-13-22-9-5-7-11-25(22)28/h5-20H,1-4H3. The number of fused-ring (bicyclic) bond motifs is 9. The Bertz CT molecular complexity index is 2020. The van der Waals surface area contributed by atoms with Crippen molar-refractivity contribution in [3.63, 3.8) is 0 Å². The summed E-state index contributed by atoms with van der Waals surface area (Å²) in [6, 6.07) is 32.9. The van der Waals surface area contributed by atoms with E-state index in [4.69, 9.17) is 9.73 Å². The molecule has 8 rings (SSSR count). The maximum absolute atomic E-state index is 7.08. The van der Waals surface area contributed by atoms with E-state index in [9.17, 15) is 0 Å². The number of benzene rings is 6. The zero-order valence-electron chi connectivity index (χ0n) is 22.0. The normalized spacial score (nSPS) is 19.4. The Hall–Kier alpha value is -4.37. The predicted molar refractivity (Wildman–Crippen MR) is 161 cm³/mol. The maximum Gasteiger partial charge on any atom is 0.228 e. The summed E-state index contributed by atoms with van der Waals surface area (Å²) >= 11 is 0. The molecule has 1 atom stereocenters. The topological polar surface area (TPSA) is 24.8 Å². The summed E-state index contributed by atoms with van der Waals surface area (Å²) in [5, 5.41) is 9.95. The fourth-order valence-electron chi connectivity index (χ4n) is 6.98. The van der Waals surface area contributed by atoms with Crippen LogP contribution in [0.15, 0.2) is 96.0 Å². The number of rotatable bonds is 0. The van der Waals surface area contributed by atoms with E-state index in [-0.39, 0.29) is 5.41 Å². The first-order valence-corrected chi connectivity index (χ1v) is 13.3. The van der Waals surface area contributed by atoms with Gasteiger partial charge < -0.3 is 9.64 Å². The second-order valence-corrected chi connectivity index (χ2v) is 11.4. The predicted octanol–water partition coefficient (Wildman–Crippen LogP) is 8.83. The van der Waals surface area contributed by atoms with E-state index in [0.29, 0.717) is 0 Å². The zero-order valence-corrected chi connectivity index (χ0v) is 22.0. The first kappa shape index (κ1) is 21.7. The average Bonchev–Trinajstić information content (AvgIpc) is 3.09. The van der Waals surface area contributed by atoms with Crippen molar-refractivity contribution >= 4 is 60.7 Å². The van der Waals surface area contributed by atoms with Crippen molar-refractivity contribution in [2.45, 2.75) is 31.9 Å². The molecule has 3 heteroatoms. The Labute approximate surface area is 222 Å². The van der Waals surface area contributed by atoms with Crippen LogP contribution in [0.25, 0.3) is 43.1 Å². The first-order chi connectivity index (χ1) is 18.4. The fraction of sp³-hybridized carbons (Fsp3) is 0.171. The molecule has 1 spiro atoms. The summed E-state index contributed by atoms with van der Waals surface area (Å²) in [7, 11) is 2.14. The van der Waals surface area contributed by atoms with Gasteiger partial charge >= 0.3 is 0 Å². The van der Waals surface area contributed by atoms with E-state index in [2.05, 4.69) is 124 Å². The van der Waals surface area contributed by atoms with Crippen molar-refractivity contribution < 1.29 is 4.74 Å². The molecule has 2 aliphatic heterocycles. The molecule has 3 nitrogen and oxygen atoms in total. The summed E-state index contributed by atoms with van der Waals surface area (Å²) < 4.78 is 7.08. The average molecular weight is 493 g/mol. The van der Waals surface area contributed by atoms with Crippen LogP contribution in [0.4, 0.5) is 11.4 Å². The Balaban J connectivity index is 1.34. The van der Waals surface area contributed by atoms with Crippen LogP contribution in [-0.4, -0.2) is 19.0 Å². The van der Waals surface area contributed by atoms with E-state index in [1.165, 1.54) is 54.5 Å². The third kappa shape index (κ3) is 2.56. The van der Waals surface area contributed by atoms with Gasteiger partial charge in [-0.1, -0.05) is 72.8 Å². The molecule has 0 bridgehead atoms. The highest BCUT2D eigenvalue weighted by molar-refractivity contribution is 6.15. The van der Waals surface area contributed by atoms with Crippen LogP contribution in [0.2, 0.25) is 0 Å². The lowest BCUT2D eigenvalue weighted by Crippen LogP contribution is -2.61. The number of likely N-dealkylation sites (N-methyl/N-ethyl adjacent to an activating group) is 1. The van der Waals surface area contributed by atoms with Gasteiger partial charge in [-0.25, -0.2) is 0 Å². The second kappa shape index (κ2) is 7.14. The molecule has 0 aromatic heterocycles. The highest BCUT2D eigenvalue weighted by Gasteiger charge is 2.58. The first-order valence-electron chi connectivity index (χ1n) is 13.3. The summed E-state index contributed by atoms with van der Waals surface area (Å²) in [6.07, 6.45) is 2.04. The van der Waals surface area contributed by atoms with Gasteiger partial charge in [-0.2, -0.15) is 0 Å². The van der Waals surface area contributed by atoms with Crippen LogP contribution in [0.5, 0.6) is 5.75 Å². The molecule has 184 valence electrons. The molecule has 2 aliphatic rings. The van der Waals surface area contributed by atoms with Gasteiger partial charge in [-0.15, -0.1) is 0 Å². The van der Waals surface area contributed by atoms with Crippen molar-refractivity contribution in [3.05, 3.63) is 102 Å². The monoisotopic (exact) mass is 492 g/mol. The fourth-order valence-corrected chi connectivity index (χ4v) is 6.98. The highest BCUT2D eigenvalue weighted by Crippen LogP contribution is 2.55. The number of aryl methyl sites for hydroxylation is 1. The Morgan fingerprint density at radius 2 is 1.39 bits per heavy atom. The molecule has 0 saturated heterocycles. The van der Waals surface area contributed by atoms with Gasteiger partial charge in [-0.3, -0.25) is 4.99 Å². The van der Waals surface area contributed by atoms with Gasteiger partial charge in [0.15, 0.2) is 0 Å². The minimum Gasteiger partial charge on any atom is -0.459 e. The van der Waals surface area contributed by atoms with Gasteiger partial charge in [-0.05, 0) is 87.8 Å². The van der Waals surface area contributed by atoms with Gasteiger partial charge in [0.1, 0.15) is 11.4 Å². The zero-order chi connectivity index (χ0) is 25.8. The number of hydrogen-bond donors (Lipinski definition) is 0. The Morgan fingerprint density at radius 3 is 2.21 bits per heavy atom. The van der Waals surface area contributed by atoms with Crippen molar-refractivity contribution in [2.24, 2.45) is 4.99 Å². The number of aliphatic imine (C=N–C) groups is 1. The molecule has 0 fully saturated rings. The number of hydrogen-bond acceptors (Lipinski definition) is 3. The molecular formula is C35H28N2O. The molecule has 1 unspecified atom stereocenters. The second-order valence-electron chi connectivity index (χ2n) is 11.4. The third-order valence-electron chi connectivity index (χ3n) is 9.08. The van der Waals surface area contributed by atoms with E-state index in [0.717, 1.165) is 16.8 Å². The van der Waals surface area contributed by atoms with Gasteiger partial charge in [0.05, 0.1) is 11.6 Å². The van der Waals surface area contributed by atoms with Crippen LogP contribution < -0.4 is 9.64 Å². The molecule has 38 heavy (non-hydrogen) atoms. The van der Waals surface area contributed by atoms with Crippen LogP contribution in [0.1, 0.15) is 25.0 Å². The lowest BCUT2D eigenvalue weighted by Gasteiger charge is -2.45. The van der Waals surface area contributed by atoms with E-state index < -0.39 is 5.72 Å². The van der Waals surface area contributed by atoms with Gasteiger partial charge in [0.2, 0.25) is 5.72 Å². The molecule has 0 radical (unpaired) electrons. The van der Waals surface area contributed by atoms with Crippen LogP contribution in [0, 0.1) is 6.92 Å². The maximum atomic E-state index is 7.08. The molecule has 0 amide bonds. The smallest absolute Gasteiger partial charge is 0.228 e. The number of nitrogens with zero attached hydrogens (tertiary/aromatic N) is 2. The van der Waals surface area contributed by atoms with E-state index >= 15 is 0 Å². The Kier molecular flexibility index (Phi) is 4.07. The Morgan fingerprint density at radius 1 is 0.711 bits per heavy atom. The SMILES string of the molecule is Cc1cc2c(c3ccc4ccccc4c13)N=CC1(O2)N(C)c2cc3ccc4ccccc4c3cc2C1(C)C. The van der Waals surface area contributed by atoms with Crippen molar-refractivity contribution in [1.82, 2.24) is 0 Å². The molecule has 6 aromatic rings. The lowest BCUT2D eigenvalue weighted by atomic mass is 9.77. The van der Waals surface area contributed by atoms with Crippen LogP contribution in [-0.2, 0) is 5.41 Å². The van der Waals surface area contributed by atoms with Crippen LogP contribution >= 0.6 is 0 Å². The molecule has 2 heterocycles. The van der Waals surface area contributed by atoms with Crippen molar-refractivity contribution in [1.29, 1.82) is 0 Å². The minimum absolute atomic E-state index is 0.338. The molecule has 6 aromatic carbocycles. The molecule has 0 N–H and O–H groups in total. The summed E-state index contributed by atoms with van der Waals surface area (Å²) in [5.74, 6) is 0.843. The number of ether oxygens (including phenoxy) is 1. The third-order valence-corrected chi connectivity index (χ3v) is 9.08. The van der Waals surface area contributed by atoms with Gasteiger partial charge in [0, 0.05) is 18.1 Å². The van der Waals surface area contributed by atoms with Gasteiger partial charge in [0.25, 0.3) is 0 Å². The minimum atomic E-state index is -0.730. The largest absolute Gasteiger partial charge is 0.459 e. The summed E-state index contributed by atoms with van der Waals surface area (Å²) in [6.45, 7) is 6.74. The molecule has 0 saturated carbocycles. The van der Waals surface area contributed by atoms with Crippen molar-refractivity contribution in [3.8, 4) is 5.75 Å². The van der Waals surface area contributed by atoms with E-state index in [1.807, 2.05) is 6.21 Å². The lowest BCUT2D eigenvalue weighted by molar-refractivity contribution is 0.0826. The number of anilines is 1. The highest BCUT2D eigenvalue weighted by atomic mass is 16.5. The summed E-state index contributed by atoms with van der Waals surface area (Å²) in [5.41, 5.74) is 3.52. The summed E-state index contributed by atoms with van der Waals surface area (Å²) in [4.78, 5) is 7.44. The molecule has 0 aliphatic carbocycles. The quantitative estimate of drug-likeness (QED) is 0.198. The van der Waals surface area contributed by atoms with Crippen molar-refractivity contribution in [2.75, 3.05) is 11.9 Å². The van der Waals surface area contributed by atoms with E-state index in [1.54, 1.807) is 0 Å². The van der Waals surface area contributed by atoms with Crippen LogP contribution in [0.3, 0.4) is 0 Å².